The SMILES string of the molecule is Cc1c(CC(=O)O)c(=O)c2ccccc2n1-c1ccccc1Br. The van der Waals surface area contributed by atoms with Crippen LogP contribution in [0.25, 0.3) is 16.6 Å². The minimum absolute atomic E-state index is 0.219. The summed E-state index contributed by atoms with van der Waals surface area (Å²) in [7, 11) is 0. The summed E-state index contributed by atoms with van der Waals surface area (Å²) in [5.74, 6) is -1.01. The summed E-state index contributed by atoms with van der Waals surface area (Å²) in [4.78, 5) is 23.8. The van der Waals surface area contributed by atoms with Crippen LogP contribution in [0.3, 0.4) is 0 Å². The minimum atomic E-state index is -1.01. The Balaban J connectivity index is 2.48. The molecule has 0 aliphatic rings. The van der Waals surface area contributed by atoms with Gasteiger partial charge in [0.2, 0.25) is 0 Å². The molecule has 1 heterocycles. The molecule has 23 heavy (non-hydrogen) atoms. The van der Waals surface area contributed by atoms with E-state index in [9.17, 15) is 9.59 Å². The van der Waals surface area contributed by atoms with E-state index < -0.39 is 5.97 Å². The van der Waals surface area contributed by atoms with E-state index in [4.69, 9.17) is 5.11 Å². The van der Waals surface area contributed by atoms with E-state index in [1.54, 1.807) is 19.1 Å². The van der Waals surface area contributed by atoms with Crippen molar-refractivity contribution in [3.05, 3.63) is 74.5 Å². The number of carbonyl (C=O) groups is 1. The third kappa shape index (κ3) is 2.68. The predicted molar refractivity (Wildman–Crippen MR) is 93.3 cm³/mol. The zero-order chi connectivity index (χ0) is 16.6. The largest absolute Gasteiger partial charge is 0.481 e. The van der Waals surface area contributed by atoms with Crippen molar-refractivity contribution >= 4 is 32.8 Å². The Morgan fingerprint density at radius 1 is 1.13 bits per heavy atom. The van der Waals surface area contributed by atoms with E-state index >= 15 is 0 Å². The first-order valence-electron chi connectivity index (χ1n) is 7.10. The zero-order valence-corrected chi connectivity index (χ0v) is 14.0. The van der Waals surface area contributed by atoms with Crippen LogP contribution < -0.4 is 5.43 Å². The van der Waals surface area contributed by atoms with Crippen LogP contribution in [0.5, 0.6) is 0 Å². The van der Waals surface area contributed by atoms with E-state index in [1.165, 1.54) is 0 Å². The molecule has 1 aromatic heterocycles. The molecule has 5 heteroatoms. The molecule has 116 valence electrons. The molecule has 0 fully saturated rings. The third-order valence-electron chi connectivity index (χ3n) is 3.86. The molecule has 0 spiro atoms. The van der Waals surface area contributed by atoms with Crippen molar-refractivity contribution < 1.29 is 9.90 Å². The molecule has 0 bridgehead atoms. The fraction of sp³-hybridized carbons (Fsp3) is 0.111. The second-order valence-corrected chi connectivity index (χ2v) is 6.12. The first kappa shape index (κ1) is 15.5. The molecular weight excluding hydrogens is 358 g/mol. The number of hydrogen-bond acceptors (Lipinski definition) is 2. The maximum Gasteiger partial charge on any atom is 0.308 e. The van der Waals surface area contributed by atoms with Crippen molar-refractivity contribution in [1.82, 2.24) is 4.57 Å². The van der Waals surface area contributed by atoms with Crippen LogP contribution in [0, 0.1) is 6.92 Å². The van der Waals surface area contributed by atoms with Crippen molar-refractivity contribution in [2.24, 2.45) is 0 Å². The molecule has 0 aliphatic carbocycles. The minimum Gasteiger partial charge on any atom is -0.481 e. The highest BCUT2D eigenvalue weighted by atomic mass is 79.9. The lowest BCUT2D eigenvalue weighted by atomic mass is 10.0. The van der Waals surface area contributed by atoms with Crippen LogP contribution in [0.4, 0.5) is 0 Å². The quantitative estimate of drug-likeness (QED) is 0.763. The van der Waals surface area contributed by atoms with E-state index in [1.807, 2.05) is 41.0 Å². The summed E-state index contributed by atoms with van der Waals surface area (Å²) in [5, 5.41) is 9.67. The smallest absolute Gasteiger partial charge is 0.308 e. The Labute approximate surface area is 141 Å². The average molecular weight is 372 g/mol. The number of hydrogen-bond donors (Lipinski definition) is 1. The molecule has 1 N–H and O–H groups in total. The van der Waals surface area contributed by atoms with E-state index in [0.29, 0.717) is 16.6 Å². The predicted octanol–water partition coefficient (Wildman–Crippen LogP) is 3.69. The summed E-state index contributed by atoms with van der Waals surface area (Å²) in [5.41, 5.74) is 2.36. The first-order valence-corrected chi connectivity index (χ1v) is 7.90. The van der Waals surface area contributed by atoms with Gasteiger partial charge < -0.3 is 9.67 Å². The van der Waals surface area contributed by atoms with Gasteiger partial charge in [-0.15, -0.1) is 0 Å². The fourth-order valence-corrected chi connectivity index (χ4v) is 3.27. The molecule has 3 aromatic rings. The zero-order valence-electron chi connectivity index (χ0n) is 12.4. The van der Waals surface area contributed by atoms with Gasteiger partial charge >= 0.3 is 5.97 Å². The van der Waals surface area contributed by atoms with E-state index in [2.05, 4.69) is 15.9 Å². The summed E-state index contributed by atoms with van der Waals surface area (Å²) in [6.07, 6.45) is -0.292. The van der Waals surface area contributed by atoms with Gasteiger partial charge in [-0.05, 0) is 47.1 Å². The standard InChI is InChI=1S/C18H14BrNO3/c1-11-13(10-17(21)22)18(23)12-6-2-4-8-15(12)20(11)16-9-5-3-7-14(16)19/h2-9H,10H2,1H3,(H,21,22). The highest BCUT2D eigenvalue weighted by molar-refractivity contribution is 9.10. The Morgan fingerprint density at radius 3 is 2.48 bits per heavy atom. The topological polar surface area (TPSA) is 59.3 Å². The van der Waals surface area contributed by atoms with Gasteiger partial charge in [-0.3, -0.25) is 9.59 Å². The number of carboxylic acids is 1. The molecule has 0 unspecified atom stereocenters. The van der Waals surface area contributed by atoms with Gasteiger partial charge in [0, 0.05) is 21.1 Å². The lowest BCUT2D eigenvalue weighted by Gasteiger charge is -2.19. The number of aliphatic carboxylic acids is 1. The highest BCUT2D eigenvalue weighted by Gasteiger charge is 2.17. The number of rotatable bonds is 3. The van der Waals surface area contributed by atoms with Crippen LogP contribution in [0.1, 0.15) is 11.3 Å². The second kappa shape index (κ2) is 6.01. The Kier molecular flexibility index (Phi) is 4.05. The lowest BCUT2D eigenvalue weighted by molar-refractivity contribution is -0.136. The number of nitrogens with zero attached hydrogens (tertiary/aromatic N) is 1. The molecule has 0 aliphatic heterocycles. The number of pyridine rings is 1. The monoisotopic (exact) mass is 371 g/mol. The summed E-state index contributed by atoms with van der Waals surface area (Å²) < 4.78 is 2.80. The van der Waals surface area contributed by atoms with Crippen molar-refractivity contribution in [2.75, 3.05) is 0 Å². The number of aromatic nitrogens is 1. The molecular formula is C18H14BrNO3. The molecule has 4 nitrogen and oxygen atoms in total. The lowest BCUT2D eigenvalue weighted by Crippen LogP contribution is -2.21. The van der Waals surface area contributed by atoms with Gasteiger partial charge in [0.25, 0.3) is 0 Å². The molecule has 0 saturated carbocycles. The summed E-state index contributed by atoms with van der Waals surface area (Å²) >= 11 is 3.53. The summed E-state index contributed by atoms with van der Waals surface area (Å²) in [6, 6.07) is 14.9. The maximum atomic E-state index is 12.7. The fourth-order valence-electron chi connectivity index (χ4n) is 2.81. The first-order chi connectivity index (χ1) is 11.0. The number of carboxylic acid groups (broad SMARTS) is 1. The van der Waals surface area contributed by atoms with Crippen LogP contribution in [-0.4, -0.2) is 15.6 Å². The van der Waals surface area contributed by atoms with E-state index in [-0.39, 0.29) is 11.8 Å². The van der Waals surface area contributed by atoms with Crippen LogP contribution >= 0.6 is 15.9 Å². The third-order valence-corrected chi connectivity index (χ3v) is 4.53. The molecule has 0 amide bonds. The van der Waals surface area contributed by atoms with Crippen LogP contribution in [0.15, 0.2) is 57.8 Å². The highest BCUT2D eigenvalue weighted by Crippen LogP contribution is 2.27. The van der Waals surface area contributed by atoms with Gasteiger partial charge in [0.15, 0.2) is 5.43 Å². The van der Waals surface area contributed by atoms with Gasteiger partial charge in [-0.25, -0.2) is 0 Å². The number of halogens is 1. The number of para-hydroxylation sites is 2. The van der Waals surface area contributed by atoms with Crippen molar-refractivity contribution in [1.29, 1.82) is 0 Å². The van der Waals surface area contributed by atoms with Crippen LogP contribution in [-0.2, 0) is 11.2 Å². The number of fused-ring (bicyclic) bond motifs is 1. The van der Waals surface area contributed by atoms with E-state index in [0.717, 1.165) is 15.7 Å². The molecule has 2 aromatic carbocycles. The van der Waals surface area contributed by atoms with Gasteiger partial charge in [0.05, 0.1) is 17.6 Å². The Morgan fingerprint density at radius 2 is 1.78 bits per heavy atom. The number of benzene rings is 2. The molecule has 0 atom stereocenters. The second-order valence-electron chi connectivity index (χ2n) is 5.27. The normalized spacial score (nSPS) is 10.9. The van der Waals surface area contributed by atoms with Crippen LogP contribution in [0.2, 0.25) is 0 Å². The molecule has 3 rings (SSSR count). The van der Waals surface area contributed by atoms with Gasteiger partial charge in [-0.2, -0.15) is 0 Å². The average Bonchev–Trinajstić information content (AvgIpc) is 2.53. The Hall–Kier alpha value is -2.40. The van der Waals surface area contributed by atoms with Crippen molar-refractivity contribution in [2.45, 2.75) is 13.3 Å². The maximum absolute atomic E-state index is 12.7. The van der Waals surface area contributed by atoms with Crippen molar-refractivity contribution in [3.8, 4) is 5.69 Å². The van der Waals surface area contributed by atoms with Gasteiger partial charge in [-0.1, -0.05) is 24.3 Å². The Bertz CT molecular complexity index is 976. The molecule has 0 saturated heterocycles. The van der Waals surface area contributed by atoms with Crippen molar-refractivity contribution in [3.63, 3.8) is 0 Å². The molecule has 0 radical (unpaired) electrons. The van der Waals surface area contributed by atoms with Gasteiger partial charge in [0.1, 0.15) is 0 Å². The summed E-state index contributed by atoms with van der Waals surface area (Å²) in [6.45, 7) is 1.78.